The lowest BCUT2D eigenvalue weighted by molar-refractivity contribution is -0.143. The molecular weight excluding hydrogens is 490 g/mol. The molecule has 1 N–H and O–H groups in total. The van der Waals surface area contributed by atoms with Crippen molar-refractivity contribution in [3.05, 3.63) is 87.8 Å². The Kier molecular flexibility index (Phi) is 6.90. The maximum atomic E-state index is 13.0. The van der Waals surface area contributed by atoms with Crippen molar-refractivity contribution in [1.29, 1.82) is 0 Å². The Hall–Kier alpha value is -3.64. The van der Waals surface area contributed by atoms with Gasteiger partial charge in [0.05, 0.1) is 5.60 Å². The molecule has 1 aliphatic heterocycles. The third-order valence-electron chi connectivity index (χ3n) is 8.90. The summed E-state index contributed by atoms with van der Waals surface area (Å²) in [6, 6.07) is 20.0. The zero-order valence-electron chi connectivity index (χ0n) is 22.4. The molecule has 6 rings (SSSR count). The number of fused-ring (bicyclic) bond motifs is 3. The minimum atomic E-state index is -0.609. The van der Waals surface area contributed by atoms with Crippen LogP contribution < -0.4 is 10.4 Å². The van der Waals surface area contributed by atoms with Crippen molar-refractivity contribution in [2.75, 3.05) is 13.1 Å². The van der Waals surface area contributed by atoms with E-state index in [1.54, 1.807) is 6.07 Å². The molecule has 0 bridgehead atoms. The second kappa shape index (κ2) is 10.5. The molecule has 4 aromatic rings. The van der Waals surface area contributed by atoms with E-state index in [2.05, 4.69) is 24.3 Å². The Morgan fingerprint density at radius 3 is 2.82 bits per heavy atom. The third-order valence-corrected chi connectivity index (χ3v) is 8.90. The van der Waals surface area contributed by atoms with Gasteiger partial charge in [0.1, 0.15) is 17.9 Å². The van der Waals surface area contributed by atoms with Crippen LogP contribution in [0.1, 0.15) is 55.2 Å². The van der Waals surface area contributed by atoms with Crippen molar-refractivity contribution in [3.8, 4) is 5.75 Å². The lowest BCUT2D eigenvalue weighted by Crippen LogP contribution is -2.54. The Morgan fingerprint density at radius 1 is 1.08 bits per heavy atom. The van der Waals surface area contributed by atoms with Gasteiger partial charge in [-0.3, -0.25) is 4.79 Å². The van der Waals surface area contributed by atoms with Crippen molar-refractivity contribution in [2.45, 2.75) is 64.1 Å². The molecule has 1 amide bonds. The second-order valence-corrected chi connectivity index (χ2v) is 11.2. The molecule has 202 valence electrons. The molecule has 6 heteroatoms. The number of rotatable bonds is 6. The van der Waals surface area contributed by atoms with Crippen molar-refractivity contribution >= 4 is 27.6 Å². The number of carbonyl (C=O) groups is 1. The van der Waals surface area contributed by atoms with E-state index in [4.69, 9.17) is 9.15 Å². The monoisotopic (exact) mass is 525 g/mol. The van der Waals surface area contributed by atoms with Gasteiger partial charge >= 0.3 is 5.63 Å². The van der Waals surface area contributed by atoms with Crippen molar-refractivity contribution in [1.82, 2.24) is 4.90 Å². The van der Waals surface area contributed by atoms with Crippen molar-refractivity contribution in [3.63, 3.8) is 0 Å². The van der Waals surface area contributed by atoms with E-state index in [0.29, 0.717) is 49.4 Å². The number of aliphatic hydroxyl groups is 1. The molecule has 0 unspecified atom stereocenters. The van der Waals surface area contributed by atoms with Crippen LogP contribution in [0.5, 0.6) is 5.75 Å². The number of ether oxygens (including phenoxy) is 1. The lowest BCUT2D eigenvalue weighted by atomic mass is 9.71. The Labute approximate surface area is 228 Å². The lowest BCUT2D eigenvalue weighted by Gasteiger charge is -2.47. The van der Waals surface area contributed by atoms with E-state index in [9.17, 15) is 14.7 Å². The number of carbonyl (C=O) groups excluding carboxylic acids is 1. The van der Waals surface area contributed by atoms with Gasteiger partial charge in [-0.15, -0.1) is 0 Å². The summed E-state index contributed by atoms with van der Waals surface area (Å²) in [5.74, 6) is 0.834. The van der Waals surface area contributed by atoms with Gasteiger partial charge in [-0.2, -0.15) is 0 Å². The van der Waals surface area contributed by atoms with Crippen LogP contribution in [-0.4, -0.2) is 34.6 Å². The van der Waals surface area contributed by atoms with Gasteiger partial charge in [0.25, 0.3) is 0 Å². The average molecular weight is 526 g/mol. The molecule has 0 radical (unpaired) electrons. The number of benzene rings is 3. The number of piperidine rings is 1. The van der Waals surface area contributed by atoms with E-state index in [0.717, 1.165) is 47.6 Å². The van der Waals surface area contributed by atoms with Crippen molar-refractivity contribution < 1.29 is 19.1 Å². The first-order valence-electron chi connectivity index (χ1n) is 14.1. The molecule has 2 atom stereocenters. The summed E-state index contributed by atoms with van der Waals surface area (Å²) in [5.41, 5.74) is 1.95. The maximum absolute atomic E-state index is 13.0. The Bertz CT molecular complexity index is 1590. The number of hydrogen-bond donors (Lipinski definition) is 1. The molecule has 2 fully saturated rings. The quantitative estimate of drug-likeness (QED) is 0.316. The predicted octanol–water partition coefficient (Wildman–Crippen LogP) is 5.92. The molecule has 1 saturated heterocycles. The first-order valence-corrected chi connectivity index (χ1v) is 14.1. The summed E-state index contributed by atoms with van der Waals surface area (Å²) in [6.45, 7) is 3.52. The number of nitrogens with zero attached hydrogens (tertiary/aromatic N) is 1. The highest BCUT2D eigenvalue weighted by atomic mass is 16.5. The zero-order chi connectivity index (χ0) is 27.0. The first kappa shape index (κ1) is 25.6. The van der Waals surface area contributed by atoms with Gasteiger partial charge in [-0.25, -0.2) is 4.79 Å². The molecule has 1 aromatic heterocycles. The summed E-state index contributed by atoms with van der Waals surface area (Å²) >= 11 is 0. The molecule has 2 heterocycles. The SMILES string of the molecule is Cc1c(CCC(=O)N2CC[C@@]3(O)CCCC[C@H]3C2)c(=O)oc2cc(OCc3cccc4ccccc34)ccc12. The van der Waals surface area contributed by atoms with E-state index >= 15 is 0 Å². The van der Waals surface area contributed by atoms with E-state index in [-0.39, 0.29) is 18.2 Å². The van der Waals surface area contributed by atoms with Crippen LogP contribution in [0.3, 0.4) is 0 Å². The number of hydrogen-bond acceptors (Lipinski definition) is 5. The molecule has 6 nitrogen and oxygen atoms in total. The predicted molar refractivity (Wildman–Crippen MR) is 152 cm³/mol. The number of amides is 1. The highest BCUT2D eigenvalue weighted by Gasteiger charge is 2.43. The highest BCUT2D eigenvalue weighted by molar-refractivity contribution is 5.86. The fourth-order valence-corrected chi connectivity index (χ4v) is 6.52. The fraction of sp³-hybridized carbons (Fsp3) is 0.394. The van der Waals surface area contributed by atoms with Crippen molar-refractivity contribution in [2.24, 2.45) is 5.92 Å². The molecule has 3 aromatic carbocycles. The van der Waals surface area contributed by atoms with Gasteiger partial charge < -0.3 is 19.2 Å². The van der Waals surface area contributed by atoms with Crippen LogP contribution >= 0.6 is 0 Å². The normalized spacial score (nSPS) is 21.2. The average Bonchev–Trinajstić information content (AvgIpc) is 2.95. The molecule has 1 saturated carbocycles. The van der Waals surface area contributed by atoms with Crippen LogP contribution in [0.4, 0.5) is 0 Å². The van der Waals surface area contributed by atoms with Crippen LogP contribution in [0.15, 0.2) is 69.9 Å². The minimum absolute atomic E-state index is 0.0405. The summed E-state index contributed by atoms with van der Waals surface area (Å²) in [4.78, 5) is 27.9. The molecule has 39 heavy (non-hydrogen) atoms. The van der Waals surface area contributed by atoms with Gasteiger partial charge in [0, 0.05) is 42.4 Å². The summed E-state index contributed by atoms with van der Waals surface area (Å²) in [5, 5.41) is 14.1. The standard InChI is InChI=1S/C33H35NO5/c1-22-27-13-12-26(38-21-24-9-6-8-23-7-2-3-11-29(23)24)19-30(27)39-32(36)28(22)14-15-31(35)34-18-17-33(37)16-5-4-10-25(33)20-34/h2-3,6-9,11-13,19,25,37H,4-5,10,14-18,20-21H2,1H3/t25-,33-/m0/s1. The van der Waals surface area contributed by atoms with E-state index in [1.807, 2.05) is 42.2 Å². The Balaban J connectivity index is 1.14. The topological polar surface area (TPSA) is 80.0 Å². The van der Waals surface area contributed by atoms with E-state index in [1.165, 1.54) is 5.39 Å². The Morgan fingerprint density at radius 2 is 1.92 bits per heavy atom. The molecule has 0 spiro atoms. The molecule has 1 aliphatic carbocycles. The van der Waals surface area contributed by atoms with E-state index < -0.39 is 11.2 Å². The van der Waals surface area contributed by atoms with Crippen LogP contribution in [-0.2, 0) is 17.8 Å². The fourth-order valence-electron chi connectivity index (χ4n) is 6.52. The van der Waals surface area contributed by atoms with Gasteiger partial charge in [-0.05, 0) is 66.6 Å². The summed E-state index contributed by atoms with van der Waals surface area (Å²) in [7, 11) is 0. The summed E-state index contributed by atoms with van der Waals surface area (Å²) < 4.78 is 11.8. The van der Waals surface area contributed by atoms with Crippen LogP contribution in [0, 0.1) is 12.8 Å². The van der Waals surface area contributed by atoms with Gasteiger partial charge in [0.15, 0.2) is 0 Å². The maximum Gasteiger partial charge on any atom is 0.339 e. The summed E-state index contributed by atoms with van der Waals surface area (Å²) in [6.07, 6.45) is 5.24. The minimum Gasteiger partial charge on any atom is -0.489 e. The van der Waals surface area contributed by atoms with Gasteiger partial charge in [-0.1, -0.05) is 55.3 Å². The second-order valence-electron chi connectivity index (χ2n) is 11.2. The first-order chi connectivity index (χ1) is 18.9. The smallest absolute Gasteiger partial charge is 0.339 e. The highest BCUT2D eigenvalue weighted by Crippen LogP contribution is 2.40. The van der Waals surface area contributed by atoms with Gasteiger partial charge in [0.2, 0.25) is 5.91 Å². The third kappa shape index (κ3) is 5.06. The van der Waals surface area contributed by atoms with Crippen LogP contribution in [0.2, 0.25) is 0 Å². The number of aryl methyl sites for hydroxylation is 1. The number of likely N-dealkylation sites (tertiary alicyclic amines) is 1. The van der Waals surface area contributed by atoms with Crippen LogP contribution in [0.25, 0.3) is 21.7 Å². The zero-order valence-corrected chi connectivity index (χ0v) is 22.4. The largest absolute Gasteiger partial charge is 0.489 e. The molecule has 2 aliphatic rings. The molecular formula is C33H35NO5.